The van der Waals surface area contributed by atoms with Crippen LogP contribution in [0.1, 0.15) is 51.6 Å². The Morgan fingerprint density at radius 3 is 2.60 bits per heavy atom. The van der Waals surface area contributed by atoms with Crippen molar-refractivity contribution in [2.75, 3.05) is 25.5 Å². The maximum absolute atomic E-state index is 11.2. The van der Waals surface area contributed by atoms with Crippen LogP contribution in [0.5, 0.6) is 0 Å². The summed E-state index contributed by atoms with van der Waals surface area (Å²) in [6.07, 6.45) is 7.35. The number of nitrogens with one attached hydrogen (secondary N) is 3. The number of aryl methyl sites for hydroxylation is 1. The number of H-pyrrole nitrogens is 1. The number of allylic oxidation sites excluding steroid dienone is 1. The minimum atomic E-state index is -0.118. The maximum Gasteiger partial charge on any atom is 0.221 e. The van der Waals surface area contributed by atoms with Crippen molar-refractivity contribution >= 4 is 40.2 Å². The summed E-state index contributed by atoms with van der Waals surface area (Å²) in [5.41, 5.74) is 7.87. The van der Waals surface area contributed by atoms with E-state index in [0.29, 0.717) is 22.6 Å². The molecule has 0 atom stereocenters. The number of aliphatic imine (C=N–C) groups is 2. The Labute approximate surface area is 212 Å². The number of aromatic nitrogens is 2. The second kappa shape index (κ2) is 15.7. The maximum atomic E-state index is 11.2. The summed E-state index contributed by atoms with van der Waals surface area (Å²) in [6, 6.07) is 9.20. The molecule has 1 aromatic heterocycles. The van der Waals surface area contributed by atoms with E-state index < -0.39 is 0 Å². The average Bonchev–Trinajstić information content (AvgIpc) is 3.23. The quantitative estimate of drug-likeness (QED) is 0.102. The van der Waals surface area contributed by atoms with Gasteiger partial charge in [0, 0.05) is 29.3 Å². The first-order valence-electron chi connectivity index (χ1n) is 11.9. The first-order chi connectivity index (χ1) is 16.9. The number of carbonyl (C=O) groups excluding carboxylic acids is 1. The van der Waals surface area contributed by atoms with Gasteiger partial charge in [-0.25, -0.2) is 9.98 Å². The number of methoxy groups -OCH3 is 1. The number of nitrogens with zero attached hydrogens (tertiary/aromatic N) is 3. The minimum absolute atomic E-state index is 0.118. The van der Waals surface area contributed by atoms with Gasteiger partial charge in [-0.3, -0.25) is 9.89 Å². The van der Waals surface area contributed by atoms with Crippen molar-refractivity contribution in [3.8, 4) is 0 Å². The standard InChI is InChI=1S/C25H37N7O2S/c1-5-6-15-27-16-9-7-8-10-22(34-4)24(29-23-17-18(2)31-32-23)30-25(26)35-21-13-11-20(12-14-21)28-19(3)33/h10-14,17,27H,5-9,15-16H2,1-4H3,(H,28,33)(H3,26,29,30,31,32)/b22-10-. The highest BCUT2D eigenvalue weighted by Crippen LogP contribution is 2.22. The molecular weight excluding hydrogens is 462 g/mol. The lowest BCUT2D eigenvalue weighted by Gasteiger charge is -2.08. The largest absolute Gasteiger partial charge is 0.493 e. The number of nitrogens with two attached hydrogens (primary N) is 1. The fourth-order valence-corrected chi connectivity index (χ4v) is 3.73. The van der Waals surface area contributed by atoms with Gasteiger partial charge in [0.05, 0.1) is 7.11 Å². The number of thioether (sulfide) groups is 1. The van der Waals surface area contributed by atoms with Crippen LogP contribution in [0.2, 0.25) is 0 Å². The first kappa shape index (κ1) is 28.1. The number of anilines is 1. The molecule has 1 aromatic carbocycles. The molecule has 0 unspecified atom stereocenters. The highest BCUT2D eigenvalue weighted by Gasteiger charge is 2.11. The van der Waals surface area contributed by atoms with Crippen LogP contribution in [0, 0.1) is 6.92 Å². The molecule has 35 heavy (non-hydrogen) atoms. The summed E-state index contributed by atoms with van der Waals surface area (Å²) in [5, 5.41) is 13.6. The van der Waals surface area contributed by atoms with Crippen LogP contribution < -0.4 is 16.4 Å². The normalized spacial score (nSPS) is 12.6. The van der Waals surface area contributed by atoms with Crippen molar-refractivity contribution in [2.24, 2.45) is 15.7 Å². The predicted molar refractivity (Wildman–Crippen MR) is 145 cm³/mol. The lowest BCUT2D eigenvalue weighted by molar-refractivity contribution is -0.114. The molecule has 0 aliphatic rings. The van der Waals surface area contributed by atoms with Gasteiger partial charge in [-0.2, -0.15) is 5.10 Å². The number of ether oxygens (including phenoxy) is 1. The highest BCUT2D eigenvalue weighted by molar-refractivity contribution is 8.13. The van der Waals surface area contributed by atoms with Gasteiger partial charge in [-0.15, -0.1) is 0 Å². The highest BCUT2D eigenvalue weighted by atomic mass is 32.2. The van der Waals surface area contributed by atoms with Crippen LogP contribution in [0.4, 0.5) is 11.5 Å². The summed E-state index contributed by atoms with van der Waals surface area (Å²) in [5.74, 6) is 1.29. The van der Waals surface area contributed by atoms with Crippen molar-refractivity contribution in [1.29, 1.82) is 0 Å². The number of carbonyl (C=O) groups is 1. The van der Waals surface area contributed by atoms with E-state index in [2.05, 4.69) is 37.7 Å². The third kappa shape index (κ3) is 11.2. The van der Waals surface area contributed by atoms with Crippen molar-refractivity contribution < 1.29 is 9.53 Å². The lowest BCUT2D eigenvalue weighted by atomic mass is 10.2. The molecule has 0 radical (unpaired) electrons. The van der Waals surface area contributed by atoms with Gasteiger partial charge in [0.1, 0.15) is 0 Å². The second-order valence-corrected chi connectivity index (χ2v) is 9.07. The number of rotatable bonds is 13. The Balaban J connectivity index is 2.11. The molecule has 190 valence electrons. The van der Waals surface area contributed by atoms with E-state index in [-0.39, 0.29) is 5.91 Å². The molecule has 0 saturated carbocycles. The number of aromatic amines is 1. The zero-order valence-corrected chi connectivity index (χ0v) is 21.9. The topological polar surface area (TPSA) is 130 Å². The molecule has 1 heterocycles. The van der Waals surface area contributed by atoms with Crippen LogP contribution in [-0.2, 0) is 9.53 Å². The Kier molecular flexibility index (Phi) is 12.6. The molecule has 2 aromatic rings. The van der Waals surface area contributed by atoms with Gasteiger partial charge in [0.15, 0.2) is 22.6 Å². The molecule has 2 rings (SSSR count). The summed E-state index contributed by atoms with van der Waals surface area (Å²) >= 11 is 1.30. The molecule has 0 aliphatic heterocycles. The Hall–Kier alpha value is -3.11. The summed E-state index contributed by atoms with van der Waals surface area (Å²) in [6.45, 7) is 7.65. The Morgan fingerprint density at radius 1 is 1.23 bits per heavy atom. The van der Waals surface area contributed by atoms with Crippen LogP contribution >= 0.6 is 11.8 Å². The molecule has 0 aliphatic carbocycles. The second-order valence-electron chi connectivity index (χ2n) is 7.97. The third-order valence-electron chi connectivity index (χ3n) is 4.81. The molecule has 0 bridgehead atoms. The lowest BCUT2D eigenvalue weighted by Crippen LogP contribution is -2.16. The van der Waals surface area contributed by atoms with Crippen LogP contribution in [0.15, 0.2) is 57.0 Å². The van der Waals surface area contributed by atoms with Gasteiger partial charge in [-0.1, -0.05) is 25.1 Å². The molecule has 10 heteroatoms. The van der Waals surface area contributed by atoms with Gasteiger partial charge in [0.2, 0.25) is 5.91 Å². The monoisotopic (exact) mass is 499 g/mol. The molecule has 5 N–H and O–H groups in total. The molecule has 0 fully saturated rings. The van der Waals surface area contributed by atoms with E-state index >= 15 is 0 Å². The summed E-state index contributed by atoms with van der Waals surface area (Å²) in [4.78, 5) is 21.2. The SMILES string of the molecule is CCCCNCCCC/C=C(\OC)C(N=C(N)Sc1ccc(NC(C)=O)cc1)=Nc1cc(C)[nH]n1. The number of hydrogen-bond acceptors (Lipinski definition) is 6. The number of amides is 1. The predicted octanol–water partition coefficient (Wildman–Crippen LogP) is 4.90. The van der Waals surface area contributed by atoms with E-state index in [0.717, 1.165) is 48.6 Å². The molecule has 0 spiro atoms. The van der Waals surface area contributed by atoms with Crippen molar-refractivity contribution in [2.45, 2.75) is 57.8 Å². The zero-order chi connectivity index (χ0) is 25.5. The number of unbranched alkanes of at least 4 members (excludes halogenated alkanes) is 3. The first-order valence-corrected chi connectivity index (χ1v) is 12.7. The van der Waals surface area contributed by atoms with Crippen molar-refractivity contribution in [3.63, 3.8) is 0 Å². The van der Waals surface area contributed by atoms with Gasteiger partial charge < -0.3 is 21.1 Å². The molecule has 1 amide bonds. The third-order valence-corrected chi connectivity index (χ3v) is 5.62. The van der Waals surface area contributed by atoms with Crippen LogP contribution in [-0.4, -0.2) is 47.3 Å². The fourth-order valence-electron chi connectivity index (χ4n) is 3.08. The van der Waals surface area contributed by atoms with Crippen molar-refractivity contribution in [1.82, 2.24) is 15.5 Å². The van der Waals surface area contributed by atoms with Crippen LogP contribution in [0.3, 0.4) is 0 Å². The number of hydrogen-bond donors (Lipinski definition) is 4. The fraction of sp³-hybridized carbons (Fsp3) is 0.440. The van der Waals surface area contributed by atoms with Crippen LogP contribution in [0.25, 0.3) is 0 Å². The summed E-state index contributed by atoms with van der Waals surface area (Å²) < 4.78 is 5.62. The van der Waals surface area contributed by atoms with Gasteiger partial charge in [-0.05, 0) is 76.0 Å². The van der Waals surface area contributed by atoms with Gasteiger partial charge >= 0.3 is 0 Å². The van der Waals surface area contributed by atoms with E-state index in [1.807, 2.05) is 43.3 Å². The molecular formula is C25H37N7O2S. The smallest absolute Gasteiger partial charge is 0.221 e. The average molecular weight is 500 g/mol. The Bertz CT molecular complexity index is 1010. The molecule has 0 saturated heterocycles. The van der Waals surface area contributed by atoms with Gasteiger partial charge in [0.25, 0.3) is 0 Å². The van der Waals surface area contributed by atoms with E-state index in [1.54, 1.807) is 7.11 Å². The van der Waals surface area contributed by atoms with E-state index in [1.165, 1.54) is 31.5 Å². The van der Waals surface area contributed by atoms with E-state index in [9.17, 15) is 4.79 Å². The van der Waals surface area contributed by atoms with E-state index in [4.69, 9.17) is 10.5 Å². The minimum Gasteiger partial charge on any atom is -0.493 e. The zero-order valence-electron chi connectivity index (χ0n) is 21.1. The number of amidine groups is 2. The molecule has 9 nitrogen and oxygen atoms in total. The summed E-state index contributed by atoms with van der Waals surface area (Å²) in [7, 11) is 1.60. The number of benzene rings is 1. The van der Waals surface area contributed by atoms with Crippen molar-refractivity contribution in [3.05, 3.63) is 47.9 Å². The Morgan fingerprint density at radius 2 is 1.97 bits per heavy atom.